The molecule has 0 saturated carbocycles. The van der Waals surface area contributed by atoms with Gasteiger partial charge in [-0.05, 0) is 142 Å². The molecule has 0 aliphatic carbocycles. The van der Waals surface area contributed by atoms with Gasteiger partial charge in [-0.2, -0.15) is 0 Å². The van der Waals surface area contributed by atoms with Gasteiger partial charge < -0.3 is 41.8 Å². The molecule has 0 bridgehead atoms. The zero-order valence-electron chi connectivity index (χ0n) is 38.4. The number of carbonyl (C=O) groups excluding carboxylic acids is 1. The fraction of sp³-hybridized carbons (Fsp3) is 0.727. The van der Waals surface area contributed by atoms with Crippen LogP contribution in [0.1, 0.15) is 25.3 Å². The lowest BCUT2D eigenvalue weighted by Gasteiger charge is -2.48. The van der Waals surface area contributed by atoms with Crippen LogP contribution in [0.2, 0.25) is 137 Å². The molecule has 12 nitrogen and oxygen atoms in total. The van der Waals surface area contributed by atoms with Gasteiger partial charge in [0.25, 0.3) is 0 Å². The first-order valence-corrected chi connectivity index (χ1v) is 48.2. The van der Waals surface area contributed by atoms with Crippen molar-refractivity contribution in [3.8, 4) is 5.75 Å². The van der Waals surface area contributed by atoms with Crippen LogP contribution in [0.15, 0.2) is 30.3 Å². The van der Waals surface area contributed by atoms with Crippen molar-refractivity contribution < 1.29 is 46.6 Å². The van der Waals surface area contributed by atoms with Crippen molar-refractivity contribution in [2.24, 2.45) is 0 Å². The Labute approximate surface area is 346 Å². The van der Waals surface area contributed by atoms with Gasteiger partial charge in [-0.1, -0.05) is 37.6 Å². The van der Waals surface area contributed by atoms with Gasteiger partial charge in [0.1, 0.15) is 5.75 Å². The first kappa shape index (κ1) is 53.1. The number of ether oxygens (including phenoxy) is 1. The SMILES string of the molecule is CCCC=Cc1ccc(OC(=O)N[Si](O[Si](C)(O[Si](C)(C)C)O[Si](C)(C)C)(O[Si](C)(O[Si](C)(C)C)O[Si](C)(C)C)O[Si](C)(O[Si](C)(C)C)O[Si](C)(C)C)cc1. The second-order valence-corrected chi connectivity index (χ2v) is 59.2. The Hall–Kier alpha value is 0.0388. The minimum absolute atomic E-state index is 0.332. The van der Waals surface area contributed by atoms with E-state index in [-0.39, 0.29) is 0 Å². The van der Waals surface area contributed by atoms with E-state index in [4.69, 9.17) is 41.8 Å². The Kier molecular flexibility index (Phi) is 18.9. The quantitative estimate of drug-likeness (QED) is 0.106. The number of hydrogen-bond acceptors (Lipinski definition) is 11. The molecule has 0 unspecified atom stereocenters. The van der Waals surface area contributed by atoms with E-state index in [0.717, 1.165) is 18.4 Å². The van der Waals surface area contributed by atoms with Crippen LogP contribution in [0.3, 0.4) is 0 Å². The molecule has 0 aliphatic heterocycles. The maximum absolute atomic E-state index is 14.4. The normalized spacial score (nSPS) is 14.8. The maximum atomic E-state index is 14.4. The van der Waals surface area contributed by atoms with Crippen molar-refractivity contribution in [2.75, 3.05) is 0 Å². The molecule has 0 radical (unpaired) electrons. The molecule has 0 saturated heterocycles. The molecular formula is C33H77NO11Si10. The lowest BCUT2D eigenvalue weighted by atomic mass is 10.2. The average molecular weight is 945 g/mol. The summed E-state index contributed by atoms with van der Waals surface area (Å²) in [6.07, 6.45) is 5.38. The minimum atomic E-state index is -4.72. The summed E-state index contributed by atoms with van der Waals surface area (Å²) in [5.74, 6) is 0.332. The monoisotopic (exact) mass is 943 g/mol. The number of hydrogen-bond donors (Lipinski definition) is 1. The summed E-state index contributed by atoms with van der Waals surface area (Å²) in [5.41, 5.74) is 0.996. The number of carbonyl (C=O) groups is 1. The van der Waals surface area contributed by atoms with Crippen molar-refractivity contribution >= 4 is 97.5 Å². The summed E-state index contributed by atoms with van der Waals surface area (Å²) < 4.78 is 69.1. The van der Waals surface area contributed by atoms with E-state index >= 15 is 0 Å². The first-order chi connectivity index (χ1) is 24.3. The molecule has 0 fully saturated rings. The summed E-state index contributed by atoms with van der Waals surface area (Å²) in [6, 6.07) is 7.30. The third kappa shape index (κ3) is 24.0. The second kappa shape index (κ2) is 19.6. The molecule has 1 amide bonds. The minimum Gasteiger partial charge on any atom is -0.417 e. The number of unbranched alkanes of at least 4 members (excludes halogenated alkanes) is 1. The molecule has 1 aromatic carbocycles. The van der Waals surface area contributed by atoms with Gasteiger partial charge in [0.05, 0.1) is 0 Å². The second-order valence-electron chi connectivity index (χ2n) is 20.0. The molecule has 320 valence electrons. The highest BCUT2D eigenvalue weighted by Gasteiger charge is 2.65. The molecule has 1 aromatic rings. The highest BCUT2D eigenvalue weighted by Crippen LogP contribution is 2.34. The van der Waals surface area contributed by atoms with Crippen LogP contribution in [0, 0.1) is 0 Å². The van der Waals surface area contributed by atoms with Crippen LogP contribution in [0.25, 0.3) is 6.08 Å². The Morgan fingerprint density at radius 1 is 0.491 bits per heavy atom. The molecule has 0 atom stereocenters. The topological polar surface area (TPSA) is 121 Å². The van der Waals surface area contributed by atoms with E-state index in [9.17, 15) is 4.79 Å². The van der Waals surface area contributed by atoms with Gasteiger partial charge >= 0.3 is 41.5 Å². The highest BCUT2D eigenvalue weighted by atomic mass is 28.6. The third-order valence-electron chi connectivity index (χ3n) is 6.02. The van der Waals surface area contributed by atoms with E-state index in [0.29, 0.717) is 5.75 Å². The fourth-order valence-corrected chi connectivity index (χ4v) is 45.7. The fourth-order valence-electron chi connectivity index (χ4n) is 5.69. The van der Waals surface area contributed by atoms with Gasteiger partial charge in [0.2, 0.25) is 0 Å². The summed E-state index contributed by atoms with van der Waals surface area (Å²) >= 11 is 0. The van der Waals surface area contributed by atoms with Crippen LogP contribution >= 0.6 is 0 Å². The molecule has 22 heteroatoms. The molecule has 0 aliphatic rings. The zero-order valence-corrected chi connectivity index (χ0v) is 48.4. The highest BCUT2D eigenvalue weighted by molar-refractivity contribution is 6.94. The average Bonchev–Trinajstić information content (AvgIpc) is 2.81. The molecule has 55 heavy (non-hydrogen) atoms. The van der Waals surface area contributed by atoms with Crippen molar-refractivity contribution in [1.82, 2.24) is 4.98 Å². The van der Waals surface area contributed by atoms with E-state index < -0.39 is 91.4 Å². The van der Waals surface area contributed by atoms with Gasteiger partial charge in [0, 0.05) is 19.6 Å². The van der Waals surface area contributed by atoms with Crippen molar-refractivity contribution in [1.29, 1.82) is 0 Å². The number of allylic oxidation sites excluding steroid dienone is 1. The van der Waals surface area contributed by atoms with Crippen LogP contribution < -0.4 is 9.72 Å². The molecule has 0 aromatic heterocycles. The molecule has 0 spiro atoms. The van der Waals surface area contributed by atoms with Gasteiger partial charge in [-0.15, -0.1) is 0 Å². The largest absolute Gasteiger partial charge is 0.613 e. The Bertz CT molecular complexity index is 1240. The van der Waals surface area contributed by atoms with Gasteiger partial charge in [-0.3, -0.25) is 4.98 Å². The predicted molar refractivity (Wildman–Crippen MR) is 250 cm³/mol. The summed E-state index contributed by atoms with van der Waals surface area (Å²) in [5, 5.41) is 0. The van der Waals surface area contributed by atoms with Gasteiger partial charge in [0.15, 0.2) is 49.9 Å². The Balaban J connectivity index is 4.27. The summed E-state index contributed by atoms with van der Waals surface area (Å²) in [7, 11) is -30.1. The predicted octanol–water partition coefficient (Wildman–Crippen LogP) is 10.9. The lowest BCUT2D eigenvalue weighted by Crippen LogP contribution is -2.77. The molecular weight excluding hydrogens is 867 g/mol. The molecule has 1 rings (SSSR count). The van der Waals surface area contributed by atoms with E-state index in [1.807, 2.05) is 31.8 Å². The first-order valence-electron chi connectivity index (χ1n) is 19.3. The van der Waals surface area contributed by atoms with E-state index in [1.54, 1.807) is 12.1 Å². The third-order valence-corrected chi connectivity index (χ3v) is 37.8. The van der Waals surface area contributed by atoms with Crippen LogP contribution in [0.4, 0.5) is 4.79 Å². The van der Waals surface area contributed by atoms with Crippen LogP contribution in [-0.4, -0.2) is 91.4 Å². The zero-order chi connectivity index (χ0) is 43.2. The Morgan fingerprint density at radius 2 is 0.782 bits per heavy atom. The standard InChI is InChI=1S/C33H77NO11Si10/c1-23-24-25-26-31-27-29-32(30-28-31)36-33(35)34-55(43-52(20,37-46(2,3)4)38-47(5,6)7,44-53(21,39-48(8,9)10)40-49(11,12)13)45-54(22,41-50(14,15)16)42-51(17,18)19/h25-30H,23-24H2,1-22H3,(H,34,35). The Morgan fingerprint density at radius 3 is 1.04 bits per heavy atom. The smallest absolute Gasteiger partial charge is 0.417 e. The van der Waals surface area contributed by atoms with Crippen LogP contribution in [0.5, 0.6) is 5.75 Å². The summed E-state index contributed by atoms with van der Waals surface area (Å²) in [4.78, 5) is 17.4. The number of nitrogens with one attached hydrogen (secondary N) is 1. The number of benzene rings is 1. The number of amides is 1. The lowest BCUT2D eigenvalue weighted by molar-refractivity contribution is 0.110. The van der Waals surface area contributed by atoms with E-state index in [2.05, 4.69) is 142 Å². The van der Waals surface area contributed by atoms with E-state index in [1.165, 1.54) is 0 Å². The van der Waals surface area contributed by atoms with Crippen molar-refractivity contribution in [3.05, 3.63) is 35.9 Å². The summed E-state index contributed by atoms with van der Waals surface area (Å²) in [6.45, 7) is 45.0. The maximum Gasteiger partial charge on any atom is 0.613 e. The number of rotatable bonds is 23. The van der Waals surface area contributed by atoms with Crippen molar-refractivity contribution in [3.63, 3.8) is 0 Å². The van der Waals surface area contributed by atoms with Gasteiger partial charge in [-0.25, -0.2) is 4.79 Å². The molecule has 1 N–H and O–H groups in total. The molecule has 0 heterocycles. The van der Waals surface area contributed by atoms with Crippen molar-refractivity contribution in [2.45, 2.75) is 157 Å². The van der Waals surface area contributed by atoms with Crippen LogP contribution in [-0.2, 0) is 37.0 Å².